The Morgan fingerprint density at radius 2 is 1.35 bits per heavy atom. The first kappa shape index (κ1) is 15.9. The summed E-state index contributed by atoms with van der Waals surface area (Å²) in [7, 11) is 0. The molecule has 0 fully saturated rings. The van der Waals surface area contributed by atoms with Crippen molar-refractivity contribution in [3.63, 3.8) is 0 Å². The van der Waals surface area contributed by atoms with Crippen molar-refractivity contribution in [2.75, 3.05) is 10.0 Å². The molecule has 0 spiro atoms. The quantitative estimate of drug-likeness (QED) is 0.366. The predicted octanol–water partition coefficient (Wildman–Crippen LogP) is -1.14. The number of aromatic nitrogens is 2. The van der Waals surface area contributed by atoms with Crippen LogP contribution >= 0.6 is 0 Å². The van der Waals surface area contributed by atoms with Gasteiger partial charge in [0.2, 0.25) is 0 Å². The lowest BCUT2D eigenvalue weighted by molar-refractivity contribution is -0.535. The maximum absolute atomic E-state index is 11.2. The van der Waals surface area contributed by atoms with Gasteiger partial charge in [-0.25, -0.2) is 24.9 Å². The minimum atomic E-state index is -1.99. The van der Waals surface area contributed by atoms with Crippen LogP contribution in [0.4, 0.5) is 11.6 Å². The number of carbonyl (C=O) groups excluding carboxylic acids is 2. The van der Waals surface area contributed by atoms with E-state index < -0.39 is 46.1 Å². The highest BCUT2D eigenvalue weighted by atomic mass is 16.7. The van der Waals surface area contributed by atoms with Crippen LogP contribution in [0.2, 0.25) is 0 Å². The lowest BCUT2D eigenvalue weighted by atomic mass is 10.3. The van der Waals surface area contributed by atoms with Gasteiger partial charge < -0.3 is 9.47 Å². The van der Waals surface area contributed by atoms with Crippen LogP contribution in [0.15, 0.2) is 4.63 Å². The Kier molecular flexibility index (Phi) is 3.93. The Morgan fingerprint density at radius 1 is 1.00 bits per heavy atom. The van der Waals surface area contributed by atoms with Crippen LogP contribution in [-0.4, -0.2) is 44.8 Å². The summed E-state index contributed by atoms with van der Waals surface area (Å²) in [5.41, 5.74) is 0. The number of rotatable bonds is 4. The molecule has 0 amide bonds. The second-order valence-electron chi connectivity index (χ2n) is 4.08. The lowest BCUT2D eigenvalue weighted by Gasteiger charge is -2.33. The zero-order valence-corrected chi connectivity index (χ0v) is 11.5. The average molecular weight is 332 g/mol. The largest absolute Gasteiger partial charge is 0.429 e. The predicted molar refractivity (Wildman–Crippen MR) is 64.4 cm³/mol. The van der Waals surface area contributed by atoms with E-state index in [1.165, 1.54) is 0 Å². The van der Waals surface area contributed by atoms with Gasteiger partial charge in [0.05, 0.1) is 0 Å². The summed E-state index contributed by atoms with van der Waals surface area (Å²) in [4.78, 5) is 44.8. The van der Waals surface area contributed by atoms with E-state index in [1.54, 1.807) is 0 Å². The molecule has 1 aromatic rings. The van der Waals surface area contributed by atoms with E-state index in [9.17, 15) is 29.8 Å². The third-order valence-corrected chi connectivity index (χ3v) is 2.54. The molecule has 0 aromatic carbocycles. The molecule has 0 radical (unpaired) electrons. The Morgan fingerprint density at radius 3 is 1.61 bits per heavy atom. The van der Waals surface area contributed by atoms with Crippen molar-refractivity contribution in [1.82, 2.24) is 10.3 Å². The normalized spacial score (nSPS) is 19.7. The zero-order valence-electron chi connectivity index (χ0n) is 11.5. The van der Waals surface area contributed by atoms with Gasteiger partial charge in [-0.05, 0) is 20.3 Å². The van der Waals surface area contributed by atoms with E-state index in [0.29, 0.717) is 0 Å². The van der Waals surface area contributed by atoms with Gasteiger partial charge in [0.15, 0.2) is 10.1 Å². The number of hydrogen-bond acceptors (Lipinski definition) is 11. The topological polar surface area (TPSA) is 184 Å². The maximum atomic E-state index is 11.2. The summed E-state index contributed by atoms with van der Waals surface area (Å²) < 4.78 is 13.7. The van der Waals surface area contributed by atoms with E-state index in [2.05, 4.69) is 14.9 Å². The molecule has 2 heterocycles. The molecule has 2 atom stereocenters. The molecule has 0 bridgehead atoms. The van der Waals surface area contributed by atoms with Crippen LogP contribution in [0.3, 0.4) is 0 Å². The molecule has 0 saturated carbocycles. The van der Waals surface area contributed by atoms with Gasteiger partial charge in [-0.1, -0.05) is 0 Å². The number of hydrogen-bond donors (Lipinski definition) is 0. The van der Waals surface area contributed by atoms with Crippen molar-refractivity contribution in [3.8, 4) is 0 Å². The number of anilines is 2. The Labute approximate surface area is 125 Å². The maximum Gasteiger partial charge on any atom is 0.304 e. The van der Waals surface area contributed by atoms with E-state index in [-0.39, 0.29) is 10.0 Å². The third-order valence-electron chi connectivity index (χ3n) is 2.54. The van der Waals surface area contributed by atoms with Crippen LogP contribution in [0, 0.1) is 20.2 Å². The van der Waals surface area contributed by atoms with Crippen molar-refractivity contribution in [2.45, 2.75) is 26.3 Å². The van der Waals surface area contributed by atoms with Crippen molar-refractivity contribution >= 4 is 23.6 Å². The van der Waals surface area contributed by atoms with Crippen LogP contribution in [0.25, 0.3) is 0 Å². The number of hydrazine groups is 2. The lowest BCUT2D eigenvalue weighted by Crippen LogP contribution is -2.62. The molecule has 2 rings (SSSR count). The molecule has 15 heteroatoms. The van der Waals surface area contributed by atoms with Crippen LogP contribution in [-0.2, 0) is 19.1 Å². The smallest absolute Gasteiger partial charge is 0.304 e. The van der Waals surface area contributed by atoms with Crippen molar-refractivity contribution < 1.29 is 33.8 Å². The molecule has 15 nitrogen and oxygen atoms in total. The number of nitrogens with zero attached hydrogens (tertiary/aromatic N) is 6. The fraction of sp³-hybridized carbons (Fsp3) is 0.500. The second-order valence-corrected chi connectivity index (χ2v) is 4.08. The molecule has 0 aliphatic carbocycles. The first-order valence-electron chi connectivity index (χ1n) is 5.78. The molecule has 1 aromatic heterocycles. The SMILES string of the molecule is CC(=O)O[C@@H]1[C@H](OC(C)=O)N([N+](=O)[O-])c2nonc2N1[N+](=O)[O-]. The summed E-state index contributed by atoms with van der Waals surface area (Å²) in [5, 5.41) is 26.9. The molecular weight excluding hydrogens is 324 g/mol. The Hall–Kier alpha value is -3.52. The first-order chi connectivity index (χ1) is 10.7. The van der Waals surface area contributed by atoms with Gasteiger partial charge in [-0.3, -0.25) is 9.59 Å². The number of fused-ring (bicyclic) bond motifs is 1. The molecule has 1 aliphatic heterocycles. The highest BCUT2D eigenvalue weighted by Crippen LogP contribution is 2.36. The Bertz CT molecular complexity index is 618. The summed E-state index contributed by atoms with van der Waals surface area (Å²) >= 11 is 0. The zero-order chi connectivity index (χ0) is 17.3. The molecular formula is C8H8N6O9. The summed E-state index contributed by atoms with van der Waals surface area (Å²) in [6, 6.07) is 0. The fourth-order valence-electron chi connectivity index (χ4n) is 1.85. The molecule has 0 saturated heterocycles. The molecule has 0 N–H and O–H groups in total. The van der Waals surface area contributed by atoms with Crippen molar-refractivity contribution in [3.05, 3.63) is 20.2 Å². The fourth-order valence-corrected chi connectivity index (χ4v) is 1.85. The summed E-state index contributed by atoms with van der Waals surface area (Å²) in [6.45, 7) is 1.83. The summed E-state index contributed by atoms with van der Waals surface area (Å²) in [6.07, 6.45) is -3.98. The first-order valence-corrected chi connectivity index (χ1v) is 5.78. The number of nitro groups is 2. The second kappa shape index (κ2) is 5.70. The minimum Gasteiger partial charge on any atom is -0.429 e. The monoisotopic (exact) mass is 332 g/mol. The van der Waals surface area contributed by atoms with Crippen LogP contribution in [0.5, 0.6) is 0 Å². The van der Waals surface area contributed by atoms with Crippen LogP contribution in [0.1, 0.15) is 13.8 Å². The molecule has 23 heavy (non-hydrogen) atoms. The number of esters is 2. The van der Waals surface area contributed by atoms with Crippen LogP contribution < -0.4 is 10.0 Å². The van der Waals surface area contributed by atoms with Gasteiger partial charge in [-0.15, -0.1) is 0 Å². The van der Waals surface area contributed by atoms with E-state index in [4.69, 9.17) is 9.47 Å². The third kappa shape index (κ3) is 2.78. The standard InChI is InChI=1S/C8H8N6O9/c1-3(15)21-7-8(22-4(2)16)12(14(19)20)6-5(9-23-10-6)11(7)13(17)18/h7-8H,1-2H3/t7-,8+. The van der Waals surface area contributed by atoms with Gasteiger partial charge in [0.25, 0.3) is 24.1 Å². The van der Waals surface area contributed by atoms with Crippen molar-refractivity contribution in [2.24, 2.45) is 0 Å². The minimum absolute atomic E-state index is 0.140. The van der Waals surface area contributed by atoms with Gasteiger partial charge in [0, 0.05) is 13.8 Å². The van der Waals surface area contributed by atoms with Gasteiger partial charge in [0.1, 0.15) is 0 Å². The van der Waals surface area contributed by atoms with Crippen molar-refractivity contribution in [1.29, 1.82) is 0 Å². The van der Waals surface area contributed by atoms with Gasteiger partial charge >= 0.3 is 11.9 Å². The Balaban J connectivity index is 2.62. The molecule has 124 valence electrons. The number of ether oxygens (including phenoxy) is 2. The number of carbonyl (C=O) groups is 2. The highest BCUT2D eigenvalue weighted by molar-refractivity contribution is 5.70. The average Bonchev–Trinajstić information content (AvgIpc) is 2.85. The molecule has 0 unspecified atom stereocenters. The van der Waals surface area contributed by atoms with E-state index in [0.717, 1.165) is 13.8 Å². The highest BCUT2D eigenvalue weighted by Gasteiger charge is 2.58. The van der Waals surface area contributed by atoms with Gasteiger partial charge in [-0.2, -0.15) is 0 Å². The van der Waals surface area contributed by atoms with E-state index >= 15 is 0 Å². The van der Waals surface area contributed by atoms with E-state index in [1.807, 2.05) is 0 Å². The molecule has 1 aliphatic rings. The summed E-state index contributed by atoms with van der Waals surface area (Å²) in [5.74, 6) is -3.41.